The Morgan fingerprint density at radius 1 is 1.09 bits per heavy atom. The molecular weight excluding hydrogens is 426 g/mol. The second-order valence-corrected chi connectivity index (χ2v) is 10.0. The van der Waals surface area contributed by atoms with Gasteiger partial charge in [0.1, 0.15) is 0 Å². The lowest BCUT2D eigenvalue weighted by Crippen LogP contribution is -2.43. The lowest BCUT2D eigenvalue weighted by molar-refractivity contribution is -0.134. The van der Waals surface area contributed by atoms with E-state index in [1.54, 1.807) is 42.2 Å². The van der Waals surface area contributed by atoms with Crippen LogP contribution >= 0.6 is 0 Å². The summed E-state index contributed by atoms with van der Waals surface area (Å²) in [6, 6.07) is 12.0. The molecular formula is C24H31N3O4S. The minimum atomic E-state index is -3.82. The van der Waals surface area contributed by atoms with E-state index in [-0.39, 0.29) is 22.6 Å². The molecule has 3 rings (SSSR count). The van der Waals surface area contributed by atoms with E-state index < -0.39 is 10.0 Å². The Morgan fingerprint density at radius 3 is 2.59 bits per heavy atom. The number of nitrogens with one attached hydrogen (secondary N) is 2. The number of amides is 2. The maximum Gasteiger partial charge on any atom is 0.262 e. The third-order valence-corrected chi connectivity index (χ3v) is 7.15. The van der Waals surface area contributed by atoms with E-state index in [1.807, 2.05) is 19.9 Å². The van der Waals surface area contributed by atoms with Crippen molar-refractivity contribution in [3.8, 4) is 0 Å². The van der Waals surface area contributed by atoms with Gasteiger partial charge in [0.05, 0.1) is 10.8 Å². The van der Waals surface area contributed by atoms with Crippen molar-refractivity contribution in [2.45, 2.75) is 51.3 Å². The van der Waals surface area contributed by atoms with Gasteiger partial charge in [-0.05, 0) is 68.5 Å². The molecule has 0 spiro atoms. The first-order valence-corrected chi connectivity index (χ1v) is 12.5. The van der Waals surface area contributed by atoms with Crippen LogP contribution in [0.1, 0.15) is 43.7 Å². The number of likely N-dealkylation sites (tertiary alicyclic amines) is 1. The highest BCUT2D eigenvalue weighted by molar-refractivity contribution is 7.92. The fourth-order valence-electron chi connectivity index (χ4n) is 3.92. The third-order valence-electron chi connectivity index (χ3n) is 5.62. The zero-order chi connectivity index (χ0) is 23.3. The highest BCUT2D eigenvalue weighted by atomic mass is 32.2. The van der Waals surface area contributed by atoms with Gasteiger partial charge in [-0.25, -0.2) is 8.42 Å². The van der Waals surface area contributed by atoms with Crippen LogP contribution < -0.4 is 10.0 Å². The summed E-state index contributed by atoms with van der Waals surface area (Å²) >= 11 is 0. The Hall–Kier alpha value is -2.87. The van der Waals surface area contributed by atoms with Gasteiger partial charge in [-0.3, -0.25) is 14.3 Å². The van der Waals surface area contributed by atoms with Crippen LogP contribution in [-0.4, -0.2) is 38.2 Å². The number of carbonyl (C=O) groups is 2. The topological polar surface area (TPSA) is 95.6 Å². The highest BCUT2D eigenvalue weighted by Crippen LogP contribution is 2.25. The number of hydrogen-bond donors (Lipinski definition) is 2. The SMILES string of the molecule is CCCC(=O)N1CCCC(C(=O)Nc2ccc(C)c(S(=O)(=O)Nc3cccc(C)c3)c2)C1. The van der Waals surface area contributed by atoms with E-state index in [4.69, 9.17) is 0 Å². The molecule has 1 heterocycles. The minimum Gasteiger partial charge on any atom is -0.342 e. The predicted octanol–water partition coefficient (Wildman–Crippen LogP) is 4.08. The number of rotatable bonds is 7. The van der Waals surface area contributed by atoms with Crippen LogP contribution in [-0.2, 0) is 19.6 Å². The van der Waals surface area contributed by atoms with Crippen molar-refractivity contribution in [2.75, 3.05) is 23.1 Å². The Balaban J connectivity index is 1.74. The molecule has 1 atom stereocenters. The summed E-state index contributed by atoms with van der Waals surface area (Å²) in [4.78, 5) is 26.9. The molecule has 2 N–H and O–H groups in total. The van der Waals surface area contributed by atoms with Crippen LogP contribution in [0.2, 0.25) is 0 Å². The second-order valence-electron chi connectivity index (χ2n) is 8.37. The van der Waals surface area contributed by atoms with E-state index in [0.29, 0.717) is 42.9 Å². The number of nitrogens with zero attached hydrogens (tertiary/aromatic N) is 1. The number of carbonyl (C=O) groups excluding carboxylic acids is 2. The van der Waals surface area contributed by atoms with E-state index in [1.165, 1.54) is 6.07 Å². The van der Waals surface area contributed by atoms with Gasteiger partial charge in [-0.1, -0.05) is 25.1 Å². The average molecular weight is 458 g/mol. The molecule has 0 saturated carbocycles. The maximum absolute atomic E-state index is 13.0. The average Bonchev–Trinajstić information content (AvgIpc) is 2.75. The quantitative estimate of drug-likeness (QED) is 0.655. The Bertz CT molecular complexity index is 1100. The molecule has 2 amide bonds. The maximum atomic E-state index is 13.0. The van der Waals surface area contributed by atoms with Crippen LogP contribution in [0.3, 0.4) is 0 Å². The molecule has 2 aromatic rings. The minimum absolute atomic E-state index is 0.0796. The van der Waals surface area contributed by atoms with Gasteiger partial charge in [0, 0.05) is 30.9 Å². The zero-order valence-corrected chi connectivity index (χ0v) is 19.7. The molecule has 8 heteroatoms. The van der Waals surface area contributed by atoms with Crippen LogP contribution in [0.25, 0.3) is 0 Å². The second kappa shape index (κ2) is 10.2. The van der Waals surface area contributed by atoms with Crippen molar-refractivity contribution in [1.82, 2.24) is 4.90 Å². The van der Waals surface area contributed by atoms with Crippen molar-refractivity contribution in [3.05, 3.63) is 53.6 Å². The Morgan fingerprint density at radius 2 is 1.88 bits per heavy atom. The molecule has 2 aromatic carbocycles. The number of anilines is 2. The van der Waals surface area contributed by atoms with Gasteiger partial charge in [0.15, 0.2) is 0 Å². The van der Waals surface area contributed by atoms with E-state index in [9.17, 15) is 18.0 Å². The number of benzene rings is 2. The van der Waals surface area contributed by atoms with Gasteiger partial charge in [0.25, 0.3) is 10.0 Å². The summed E-state index contributed by atoms with van der Waals surface area (Å²) in [6.07, 6.45) is 2.75. The Kier molecular flexibility index (Phi) is 7.56. The summed E-state index contributed by atoms with van der Waals surface area (Å²) in [7, 11) is -3.82. The van der Waals surface area contributed by atoms with Crippen LogP contribution in [0.15, 0.2) is 47.4 Å². The summed E-state index contributed by atoms with van der Waals surface area (Å²) in [5.74, 6) is -0.426. The van der Waals surface area contributed by atoms with Crippen LogP contribution in [0.5, 0.6) is 0 Å². The molecule has 1 fully saturated rings. The van der Waals surface area contributed by atoms with Crippen molar-refractivity contribution in [2.24, 2.45) is 5.92 Å². The largest absolute Gasteiger partial charge is 0.342 e. The number of aryl methyl sites for hydroxylation is 2. The number of hydrogen-bond acceptors (Lipinski definition) is 4. The predicted molar refractivity (Wildman–Crippen MR) is 126 cm³/mol. The first-order valence-electron chi connectivity index (χ1n) is 11.0. The third kappa shape index (κ3) is 5.88. The summed E-state index contributed by atoms with van der Waals surface area (Å²) < 4.78 is 28.6. The van der Waals surface area contributed by atoms with Gasteiger partial charge >= 0.3 is 0 Å². The van der Waals surface area contributed by atoms with E-state index in [0.717, 1.165) is 18.4 Å². The van der Waals surface area contributed by atoms with Crippen molar-refractivity contribution in [1.29, 1.82) is 0 Å². The first kappa shape index (κ1) is 23.8. The standard InChI is InChI=1S/C24H31N3O4S/c1-4-7-23(28)27-13-6-9-19(16-27)24(29)25-20-12-11-18(3)22(15-20)32(30,31)26-21-10-5-8-17(2)14-21/h5,8,10-12,14-15,19,26H,4,6-7,9,13,16H2,1-3H3,(H,25,29). The Labute approximate surface area is 190 Å². The lowest BCUT2D eigenvalue weighted by atomic mass is 9.96. The molecule has 0 bridgehead atoms. The lowest BCUT2D eigenvalue weighted by Gasteiger charge is -2.32. The summed E-state index contributed by atoms with van der Waals surface area (Å²) in [5.41, 5.74) is 2.43. The molecule has 32 heavy (non-hydrogen) atoms. The van der Waals surface area contributed by atoms with Gasteiger partial charge in [-0.2, -0.15) is 0 Å². The normalized spacial score (nSPS) is 16.5. The molecule has 0 aromatic heterocycles. The molecule has 7 nitrogen and oxygen atoms in total. The van der Waals surface area contributed by atoms with Crippen LogP contribution in [0, 0.1) is 19.8 Å². The molecule has 172 valence electrons. The fraction of sp³-hybridized carbons (Fsp3) is 0.417. The summed E-state index contributed by atoms with van der Waals surface area (Å²) in [5, 5.41) is 2.85. The van der Waals surface area contributed by atoms with Gasteiger partial charge in [-0.15, -0.1) is 0 Å². The molecule has 1 unspecified atom stereocenters. The van der Waals surface area contributed by atoms with E-state index in [2.05, 4.69) is 10.0 Å². The number of sulfonamides is 1. The van der Waals surface area contributed by atoms with Crippen molar-refractivity contribution < 1.29 is 18.0 Å². The number of piperidine rings is 1. The molecule has 1 saturated heterocycles. The molecule has 0 radical (unpaired) electrons. The van der Waals surface area contributed by atoms with E-state index >= 15 is 0 Å². The zero-order valence-electron chi connectivity index (χ0n) is 18.8. The monoisotopic (exact) mass is 457 g/mol. The fourth-order valence-corrected chi connectivity index (χ4v) is 5.24. The van der Waals surface area contributed by atoms with Crippen molar-refractivity contribution in [3.63, 3.8) is 0 Å². The molecule has 1 aliphatic rings. The summed E-state index contributed by atoms with van der Waals surface area (Å²) in [6.45, 7) is 6.65. The molecule has 0 aliphatic carbocycles. The first-order chi connectivity index (χ1) is 15.2. The highest BCUT2D eigenvalue weighted by Gasteiger charge is 2.28. The smallest absolute Gasteiger partial charge is 0.262 e. The molecule has 1 aliphatic heterocycles. The van der Waals surface area contributed by atoms with Gasteiger partial charge in [0.2, 0.25) is 11.8 Å². The van der Waals surface area contributed by atoms with Crippen molar-refractivity contribution >= 4 is 33.2 Å². The van der Waals surface area contributed by atoms with Gasteiger partial charge < -0.3 is 10.2 Å². The van der Waals surface area contributed by atoms with Crippen LogP contribution in [0.4, 0.5) is 11.4 Å².